The van der Waals surface area contributed by atoms with E-state index >= 15 is 0 Å². The van der Waals surface area contributed by atoms with Crippen LogP contribution in [-0.2, 0) is 23.9 Å². The van der Waals surface area contributed by atoms with Crippen molar-refractivity contribution in [3.63, 3.8) is 0 Å². The SMILES string of the molecule is C=C(C)C(=O)OCC[C@H]([NH3+])C(=O)N[C@@H](CCSC(=O)C(=C)C)C(=O)[O-]. The first-order chi connectivity index (χ1) is 11.6. The Balaban J connectivity index is 4.36. The number of nitrogens with one attached hydrogen (secondary N) is 1. The van der Waals surface area contributed by atoms with Crippen molar-refractivity contribution in [3.05, 3.63) is 24.3 Å². The van der Waals surface area contributed by atoms with Gasteiger partial charge in [-0.2, -0.15) is 0 Å². The van der Waals surface area contributed by atoms with E-state index in [-0.39, 0.29) is 35.9 Å². The van der Waals surface area contributed by atoms with Crippen LogP contribution in [-0.4, -0.2) is 47.4 Å². The standard InChI is InChI=1S/C16H24N2O6S/c1-9(2)15(22)24-7-5-11(17)13(19)18-12(14(20)21)6-8-25-16(23)10(3)4/h11-12H,1,3,5-8,17H2,2,4H3,(H,18,19)(H,20,21)/t11-,12-/m0/s1. The number of thioether (sulfide) groups is 1. The Kier molecular flexibility index (Phi) is 10.5. The molecule has 0 aliphatic heterocycles. The number of hydrogen-bond donors (Lipinski definition) is 2. The Hall–Kier alpha value is -2.13. The molecule has 25 heavy (non-hydrogen) atoms. The average molecular weight is 372 g/mol. The second kappa shape index (κ2) is 11.4. The van der Waals surface area contributed by atoms with E-state index in [1.165, 1.54) is 6.92 Å². The van der Waals surface area contributed by atoms with Gasteiger partial charge >= 0.3 is 5.97 Å². The smallest absolute Gasteiger partial charge is 0.333 e. The largest absolute Gasteiger partial charge is 0.548 e. The minimum absolute atomic E-state index is 0.0229. The van der Waals surface area contributed by atoms with Gasteiger partial charge < -0.3 is 25.7 Å². The van der Waals surface area contributed by atoms with Crippen LogP contribution in [0.1, 0.15) is 26.7 Å². The van der Waals surface area contributed by atoms with Crippen LogP contribution in [0, 0.1) is 0 Å². The van der Waals surface area contributed by atoms with Gasteiger partial charge in [-0.05, 0) is 25.8 Å². The van der Waals surface area contributed by atoms with E-state index < -0.39 is 29.9 Å². The van der Waals surface area contributed by atoms with E-state index in [1.807, 2.05) is 0 Å². The number of esters is 1. The van der Waals surface area contributed by atoms with Crippen molar-refractivity contribution in [1.82, 2.24) is 5.32 Å². The minimum atomic E-state index is -1.45. The molecular weight excluding hydrogens is 348 g/mol. The van der Waals surface area contributed by atoms with E-state index in [1.54, 1.807) is 6.92 Å². The Labute approximate surface area is 150 Å². The quantitative estimate of drug-likeness (QED) is 0.334. The van der Waals surface area contributed by atoms with Crippen LogP contribution < -0.4 is 16.2 Å². The lowest BCUT2D eigenvalue weighted by atomic mass is 10.1. The summed E-state index contributed by atoms with van der Waals surface area (Å²) in [6.45, 7) is 9.94. The first kappa shape index (κ1) is 22.9. The molecule has 0 radical (unpaired) electrons. The third-order valence-corrected chi connectivity index (χ3v) is 4.06. The molecule has 2 atom stereocenters. The number of carboxylic acids is 1. The van der Waals surface area contributed by atoms with E-state index in [0.29, 0.717) is 5.57 Å². The summed E-state index contributed by atoms with van der Waals surface area (Å²) in [5.74, 6) is -2.42. The number of carbonyl (C=O) groups excluding carboxylic acids is 4. The van der Waals surface area contributed by atoms with Gasteiger partial charge in [0.15, 0.2) is 6.04 Å². The van der Waals surface area contributed by atoms with Crippen molar-refractivity contribution < 1.29 is 34.8 Å². The van der Waals surface area contributed by atoms with Gasteiger partial charge in [-0.15, -0.1) is 0 Å². The van der Waals surface area contributed by atoms with E-state index in [2.05, 4.69) is 24.2 Å². The van der Waals surface area contributed by atoms with Crippen molar-refractivity contribution in [3.8, 4) is 0 Å². The van der Waals surface area contributed by atoms with Gasteiger partial charge in [0.1, 0.15) is 0 Å². The maximum atomic E-state index is 12.0. The van der Waals surface area contributed by atoms with Crippen molar-refractivity contribution in [2.24, 2.45) is 0 Å². The summed E-state index contributed by atoms with van der Waals surface area (Å²) in [7, 11) is 0. The highest BCUT2D eigenvalue weighted by atomic mass is 32.2. The molecule has 140 valence electrons. The van der Waals surface area contributed by atoms with Gasteiger partial charge in [0, 0.05) is 17.7 Å². The van der Waals surface area contributed by atoms with E-state index in [4.69, 9.17) is 4.74 Å². The summed E-state index contributed by atoms with van der Waals surface area (Å²) in [4.78, 5) is 45.7. The lowest BCUT2D eigenvalue weighted by Crippen LogP contribution is -2.69. The molecule has 0 aromatic rings. The molecule has 0 aromatic heterocycles. The minimum Gasteiger partial charge on any atom is -0.548 e. The van der Waals surface area contributed by atoms with Crippen LogP contribution in [0.5, 0.6) is 0 Å². The van der Waals surface area contributed by atoms with Crippen LogP contribution in [0.25, 0.3) is 0 Å². The average Bonchev–Trinajstić information content (AvgIpc) is 2.52. The molecule has 4 N–H and O–H groups in total. The van der Waals surface area contributed by atoms with Gasteiger partial charge in [-0.3, -0.25) is 9.59 Å². The third kappa shape index (κ3) is 9.68. The molecule has 0 rings (SSSR count). The van der Waals surface area contributed by atoms with Crippen LogP contribution in [0.15, 0.2) is 24.3 Å². The third-order valence-electron chi connectivity index (χ3n) is 3.01. The molecule has 0 aliphatic rings. The number of carboxylic acid groups (broad SMARTS) is 1. The summed E-state index contributed by atoms with van der Waals surface area (Å²) in [5.41, 5.74) is 4.22. The van der Waals surface area contributed by atoms with E-state index in [0.717, 1.165) is 11.8 Å². The fourth-order valence-electron chi connectivity index (χ4n) is 1.48. The zero-order valence-corrected chi connectivity index (χ0v) is 15.3. The van der Waals surface area contributed by atoms with Crippen LogP contribution in [0.4, 0.5) is 0 Å². The summed E-state index contributed by atoms with van der Waals surface area (Å²) < 4.78 is 4.85. The molecule has 0 fully saturated rings. The maximum absolute atomic E-state index is 12.0. The Morgan fingerprint density at radius 3 is 2.24 bits per heavy atom. The van der Waals surface area contributed by atoms with Crippen LogP contribution >= 0.6 is 11.8 Å². The number of rotatable bonds is 11. The van der Waals surface area contributed by atoms with Crippen LogP contribution in [0.3, 0.4) is 0 Å². The number of ether oxygens (including phenoxy) is 1. The molecule has 0 saturated heterocycles. The number of aliphatic carboxylic acids is 1. The fourth-order valence-corrected chi connectivity index (χ4v) is 2.26. The zero-order valence-electron chi connectivity index (χ0n) is 14.5. The van der Waals surface area contributed by atoms with Gasteiger partial charge in [0.2, 0.25) is 5.12 Å². The van der Waals surface area contributed by atoms with Gasteiger partial charge in [0.05, 0.1) is 18.6 Å². The van der Waals surface area contributed by atoms with Crippen molar-refractivity contribution >= 4 is 34.7 Å². The van der Waals surface area contributed by atoms with Crippen LogP contribution in [0.2, 0.25) is 0 Å². The Morgan fingerprint density at radius 2 is 1.76 bits per heavy atom. The topological polar surface area (TPSA) is 140 Å². The highest BCUT2D eigenvalue weighted by molar-refractivity contribution is 8.14. The number of carbonyl (C=O) groups is 4. The summed E-state index contributed by atoms with van der Waals surface area (Å²) in [6.07, 6.45) is 0.155. The summed E-state index contributed by atoms with van der Waals surface area (Å²) in [5, 5.41) is 13.2. The number of amides is 1. The highest BCUT2D eigenvalue weighted by Gasteiger charge is 2.22. The molecule has 0 aliphatic carbocycles. The molecule has 0 aromatic carbocycles. The lowest BCUT2D eigenvalue weighted by molar-refractivity contribution is -0.406. The molecule has 0 spiro atoms. The molecule has 8 nitrogen and oxygen atoms in total. The lowest BCUT2D eigenvalue weighted by Gasteiger charge is -2.20. The Morgan fingerprint density at radius 1 is 1.16 bits per heavy atom. The number of hydrogen-bond acceptors (Lipinski definition) is 7. The second-order valence-corrected chi connectivity index (χ2v) is 6.55. The van der Waals surface area contributed by atoms with Crippen molar-refractivity contribution in [2.75, 3.05) is 12.4 Å². The molecule has 0 heterocycles. The summed E-state index contributed by atoms with van der Waals surface area (Å²) in [6, 6.07) is -2.04. The summed E-state index contributed by atoms with van der Waals surface area (Å²) >= 11 is 0.923. The first-order valence-electron chi connectivity index (χ1n) is 7.55. The molecular formula is C16H24N2O6S. The fraction of sp³-hybridized carbons (Fsp3) is 0.500. The van der Waals surface area contributed by atoms with Gasteiger partial charge in [-0.25, -0.2) is 4.79 Å². The molecule has 9 heteroatoms. The zero-order chi connectivity index (χ0) is 19.6. The number of quaternary nitrogens is 1. The van der Waals surface area contributed by atoms with Crippen molar-refractivity contribution in [1.29, 1.82) is 0 Å². The van der Waals surface area contributed by atoms with Crippen molar-refractivity contribution in [2.45, 2.75) is 38.8 Å². The maximum Gasteiger partial charge on any atom is 0.333 e. The van der Waals surface area contributed by atoms with E-state index in [9.17, 15) is 24.3 Å². The molecule has 0 saturated carbocycles. The normalized spacial score (nSPS) is 12.6. The molecule has 0 bridgehead atoms. The molecule has 0 unspecified atom stereocenters. The first-order valence-corrected chi connectivity index (χ1v) is 8.54. The predicted octanol–water partition coefficient (Wildman–Crippen LogP) is -1.43. The molecule has 1 amide bonds. The second-order valence-electron chi connectivity index (χ2n) is 5.49. The monoisotopic (exact) mass is 372 g/mol. The van der Waals surface area contributed by atoms with Gasteiger partial charge in [-0.1, -0.05) is 24.9 Å². The predicted molar refractivity (Wildman–Crippen MR) is 90.9 cm³/mol. The highest BCUT2D eigenvalue weighted by Crippen LogP contribution is 2.11. The van der Waals surface area contributed by atoms with Gasteiger partial charge in [0.25, 0.3) is 5.91 Å². The Bertz CT molecular complexity index is 561.